The molecule has 0 bridgehead atoms. The first-order valence-corrected chi connectivity index (χ1v) is 9.09. The van der Waals surface area contributed by atoms with Crippen molar-refractivity contribution in [3.05, 3.63) is 66.2 Å². The highest BCUT2D eigenvalue weighted by Crippen LogP contribution is 2.31. The number of nitrogens with zero attached hydrogens (tertiary/aromatic N) is 5. The lowest BCUT2D eigenvalue weighted by molar-refractivity contribution is 0.465. The largest absolute Gasteiger partial charge is 0.411 e. The van der Waals surface area contributed by atoms with Gasteiger partial charge in [0.2, 0.25) is 5.89 Å². The first-order chi connectivity index (χ1) is 14.1. The summed E-state index contributed by atoms with van der Waals surface area (Å²) in [5.41, 5.74) is 7.16. The first-order valence-electron chi connectivity index (χ1n) is 8.27. The van der Waals surface area contributed by atoms with Crippen LogP contribution in [0.1, 0.15) is 0 Å². The van der Waals surface area contributed by atoms with Gasteiger partial charge in [-0.3, -0.25) is 0 Å². The summed E-state index contributed by atoms with van der Waals surface area (Å²) in [4.78, 5) is 12.5. The second-order valence-electron chi connectivity index (χ2n) is 5.66. The number of hydrogen-bond donors (Lipinski definition) is 1. The number of aromatic nitrogens is 4. The number of hydrogen-bond acceptors (Lipinski definition) is 7. The Balaban J connectivity index is 1.64. The summed E-state index contributed by atoms with van der Waals surface area (Å²) in [7, 11) is 0. The molecule has 29 heavy (non-hydrogen) atoms. The highest BCUT2D eigenvalue weighted by Gasteiger charge is 2.13. The highest BCUT2D eigenvalue weighted by atomic mass is 32.2. The van der Waals surface area contributed by atoms with Crippen molar-refractivity contribution in [1.29, 1.82) is 0 Å². The van der Waals surface area contributed by atoms with E-state index in [1.54, 1.807) is 30.3 Å². The van der Waals surface area contributed by atoms with E-state index in [0.29, 0.717) is 21.8 Å². The molecule has 2 heterocycles. The molecule has 0 saturated heterocycles. The molecule has 0 aliphatic carbocycles. The van der Waals surface area contributed by atoms with Crippen LogP contribution in [-0.4, -0.2) is 26.5 Å². The van der Waals surface area contributed by atoms with Gasteiger partial charge in [0.1, 0.15) is 16.7 Å². The summed E-state index contributed by atoms with van der Waals surface area (Å²) >= 11 is 1.10. The highest BCUT2D eigenvalue weighted by molar-refractivity contribution is 7.99. The lowest BCUT2D eigenvalue weighted by Gasteiger charge is -2.04. The Kier molecular flexibility index (Phi) is 5.25. The zero-order chi connectivity index (χ0) is 20.2. The SMILES string of the molecule is NC=Nc1nc(Sc2nnc(-c3ccc(F)cc3)o2)cc(-c2ccc(F)cc2)n1. The minimum atomic E-state index is -0.356. The van der Waals surface area contributed by atoms with Crippen LogP contribution in [-0.2, 0) is 0 Å². The van der Waals surface area contributed by atoms with Crippen molar-refractivity contribution >= 4 is 24.0 Å². The molecule has 2 N–H and O–H groups in total. The van der Waals surface area contributed by atoms with Crippen LogP contribution in [0.4, 0.5) is 14.7 Å². The van der Waals surface area contributed by atoms with Crippen molar-refractivity contribution in [2.24, 2.45) is 10.7 Å². The number of halogens is 2. The minimum Gasteiger partial charge on any atom is -0.411 e. The Labute approximate surface area is 167 Å². The van der Waals surface area contributed by atoms with Gasteiger partial charge >= 0.3 is 0 Å². The van der Waals surface area contributed by atoms with Crippen LogP contribution < -0.4 is 5.73 Å². The van der Waals surface area contributed by atoms with E-state index in [2.05, 4.69) is 25.2 Å². The molecule has 0 aliphatic heterocycles. The molecule has 0 amide bonds. The lowest BCUT2D eigenvalue weighted by Crippen LogP contribution is -1.93. The number of rotatable bonds is 5. The predicted octanol–water partition coefficient (Wildman–Crippen LogP) is 4.24. The second-order valence-corrected chi connectivity index (χ2v) is 6.63. The molecule has 0 atom stereocenters. The van der Waals surface area contributed by atoms with Crippen LogP contribution in [0.25, 0.3) is 22.7 Å². The van der Waals surface area contributed by atoms with Gasteiger partial charge in [-0.25, -0.2) is 23.7 Å². The fraction of sp³-hybridized carbons (Fsp3) is 0. The first kappa shape index (κ1) is 18.7. The number of benzene rings is 2. The molecule has 10 heteroatoms. The van der Waals surface area contributed by atoms with E-state index >= 15 is 0 Å². The molecular weight excluding hydrogens is 398 g/mol. The Morgan fingerprint density at radius 2 is 1.55 bits per heavy atom. The number of aliphatic imine (C=N–C) groups is 1. The van der Waals surface area contributed by atoms with Crippen molar-refractivity contribution in [1.82, 2.24) is 20.2 Å². The van der Waals surface area contributed by atoms with E-state index in [4.69, 9.17) is 10.2 Å². The Hall–Kier alpha value is -3.66. The Bertz CT molecular complexity index is 1160. The van der Waals surface area contributed by atoms with Gasteiger partial charge in [0, 0.05) is 11.1 Å². The Morgan fingerprint density at radius 1 is 0.897 bits per heavy atom. The molecule has 0 spiro atoms. The van der Waals surface area contributed by atoms with Crippen LogP contribution in [0.15, 0.2) is 74.3 Å². The molecule has 2 aromatic heterocycles. The molecule has 0 saturated carbocycles. The monoisotopic (exact) mass is 410 g/mol. The van der Waals surface area contributed by atoms with Crippen molar-refractivity contribution < 1.29 is 13.2 Å². The lowest BCUT2D eigenvalue weighted by atomic mass is 10.1. The molecule has 144 valence electrons. The van der Waals surface area contributed by atoms with Crippen molar-refractivity contribution in [3.63, 3.8) is 0 Å². The minimum absolute atomic E-state index is 0.134. The van der Waals surface area contributed by atoms with Crippen molar-refractivity contribution in [2.75, 3.05) is 0 Å². The van der Waals surface area contributed by atoms with Crippen LogP contribution in [0, 0.1) is 11.6 Å². The summed E-state index contributed by atoms with van der Waals surface area (Å²) in [6.07, 6.45) is 1.08. The van der Waals surface area contributed by atoms with E-state index in [1.807, 2.05) is 0 Å². The third kappa shape index (κ3) is 4.43. The van der Waals surface area contributed by atoms with E-state index in [1.165, 1.54) is 24.3 Å². The van der Waals surface area contributed by atoms with Crippen LogP contribution in [0.5, 0.6) is 0 Å². The smallest absolute Gasteiger partial charge is 0.283 e. The summed E-state index contributed by atoms with van der Waals surface area (Å²) < 4.78 is 31.9. The molecule has 2 aromatic carbocycles. The topological polar surface area (TPSA) is 103 Å². The Morgan fingerprint density at radius 3 is 2.21 bits per heavy atom. The average molecular weight is 410 g/mol. The summed E-state index contributed by atoms with van der Waals surface area (Å²) in [6.45, 7) is 0. The quantitative estimate of drug-likeness (QED) is 0.298. The normalized spacial score (nSPS) is 11.2. The molecule has 7 nitrogen and oxygen atoms in total. The van der Waals surface area contributed by atoms with Crippen LogP contribution in [0.2, 0.25) is 0 Å². The maximum atomic E-state index is 13.2. The fourth-order valence-corrected chi connectivity index (χ4v) is 3.09. The van der Waals surface area contributed by atoms with Gasteiger partial charge in [-0.1, -0.05) is 0 Å². The van der Waals surface area contributed by atoms with Gasteiger partial charge in [0.15, 0.2) is 0 Å². The summed E-state index contributed by atoms with van der Waals surface area (Å²) in [5.74, 6) is -0.322. The molecule has 0 aliphatic rings. The van der Waals surface area contributed by atoms with Crippen molar-refractivity contribution in [2.45, 2.75) is 10.2 Å². The van der Waals surface area contributed by atoms with Crippen LogP contribution >= 0.6 is 11.8 Å². The zero-order valence-corrected chi connectivity index (χ0v) is 15.5. The van der Waals surface area contributed by atoms with Gasteiger partial charge < -0.3 is 10.2 Å². The van der Waals surface area contributed by atoms with Crippen molar-refractivity contribution in [3.8, 4) is 22.7 Å². The van der Waals surface area contributed by atoms with Crippen LogP contribution in [0.3, 0.4) is 0 Å². The summed E-state index contributed by atoms with van der Waals surface area (Å²) in [5, 5.41) is 8.66. The molecule has 0 radical (unpaired) electrons. The van der Waals surface area contributed by atoms with Gasteiger partial charge in [0.05, 0.1) is 12.0 Å². The average Bonchev–Trinajstić information content (AvgIpc) is 3.17. The third-order valence-electron chi connectivity index (χ3n) is 3.71. The van der Waals surface area contributed by atoms with Gasteiger partial charge in [0.25, 0.3) is 11.2 Å². The second kappa shape index (κ2) is 8.15. The predicted molar refractivity (Wildman–Crippen MR) is 104 cm³/mol. The maximum absolute atomic E-state index is 13.2. The molecule has 4 rings (SSSR count). The standard InChI is InChI=1S/C19H12F2N6OS/c20-13-5-1-11(2-6-13)15-9-16(25-18(24-15)23-10-22)29-19-27-26-17(28-19)12-3-7-14(21)8-4-12/h1-10H,(H2,22,23,24,25). The fourth-order valence-electron chi connectivity index (χ4n) is 2.41. The maximum Gasteiger partial charge on any atom is 0.283 e. The number of nitrogens with two attached hydrogens (primary N) is 1. The van der Waals surface area contributed by atoms with E-state index in [0.717, 1.165) is 18.1 Å². The molecule has 0 fully saturated rings. The van der Waals surface area contributed by atoms with E-state index in [-0.39, 0.29) is 28.7 Å². The summed E-state index contributed by atoms with van der Waals surface area (Å²) in [6, 6.07) is 13.3. The third-order valence-corrected chi connectivity index (χ3v) is 4.47. The van der Waals surface area contributed by atoms with E-state index < -0.39 is 0 Å². The van der Waals surface area contributed by atoms with Gasteiger partial charge in [-0.2, -0.15) is 0 Å². The molecule has 4 aromatic rings. The van der Waals surface area contributed by atoms with Gasteiger partial charge in [-0.05, 0) is 66.4 Å². The zero-order valence-electron chi connectivity index (χ0n) is 14.7. The molecular formula is C19H12F2N6OS. The van der Waals surface area contributed by atoms with Gasteiger partial charge in [-0.15, -0.1) is 10.2 Å². The van der Waals surface area contributed by atoms with E-state index in [9.17, 15) is 8.78 Å². The molecule has 0 unspecified atom stereocenters.